The molecule has 30 heavy (non-hydrogen) atoms. The number of esters is 2. The average molecular weight is 477 g/mol. The van der Waals surface area contributed by atoms with Crippen LogP contribution in [0.4, 0.5) is 35.1 Å². The lowest BCUT2D eigenvalue weighted by atomic mass is 9.83. The largest absolute Gasteiger partial charge is 0.465 e. The molecule has 4 nitrogen and oxygen atoms in total. The van der Waals surface area contributed by atoms with Crippen LogP contribution < -0.4 is 0 Å². The molecule has 0 aromatic rings. The topological polar surface area (TPSA) is 52.6 Å². The number of hydrogen-bond acceptors (Lipinski definition) is 4. The molecule has 2 atom stereocenters. The summed E-state index contributed by atoms with van der Waals surface area (Å²) in [5.41, 5.74) is -2.10. The Balaban J connectivity index is 3.24. The maximum absolute atomic E-state index is 14.1. The van der Waals surface area contributed by atoms with Gasteiger partial charge in [0.25, 0.3) is 0 Å². The average Bonchev–Trinajstić information content (AvgIpc) is 2.91. The van der Waals surface area contributed by atoms with E-state index in [4.69, 9.17) is 9.47 Å². The van der Waals surface area contributed by atoms with Gasteiger partial charge in [-0.3, -0.25) is 9.59 Å². The third kappa shape index (κ3) is 4.47. The zero-order valence-electron chi connectivity index (χ0n) is 16.2. The molecule has 0 aromatic carbocycles. The van der Waals surface area contributed by atoms with Crippen LogP contribution in [0.5, 0.6) is 0 Å². The Morgan fingerprint density at radius 1 is 0.900 bits per heavy atom. The van der Waals surface area contributed by atoms with Crippen molar-refractivity contribution in [3.8, 4) is 0 Å². The van der Waals surface area contributed by atoms with Gasteiger partial charge in [-0.15, -0.1) is 0 Å². The molecule has 0 heterocycles. The molecule has 1 aliphatic carbocycles. The summed E-state index contributed by atoms with van der Waals surface area (Å²) < 4.78 is 117. The summed E-state index contributed by atoms with van der Waals surface area (Å²) >= 11 is 3.94. The Morgan fingerprint density at radius 3 is 1.70 bits per heavy atom. The molecule has 13 heteroatoms. The van der Waals surface area contributed by atoms with Crippen LogP contribution in [0.15, 0.2) is 0 Å². The van der Waals surface area contributed by atoms with Crippen molar-refractivity contribution in [3.05, 3.63) is 0 Å². The van der Waals surface area contributed by atoms with Gasteiger partial charge in [0.1, 0.15) is 0 Å². The van der Waals surface area contributed by atoms with Gasteiger partial charge in [0, 0.05) is 6.42 Å². The second-order valence-electron chi connectivity index (χ2n) is 7.22. The second kappa shape index (κ2) is 8.66. The van der Waals surface area contributed by atoms with Crippen LogP contribution in [0.3, 0.4) is 0 Å². The van der Waals surface area contributed by atoms with Crippen molar-refractivity contribution >= 4 is 23.5 Å². The smallest absolute Gasteiger partial charge is 0.392 e. The quantitative estimate of drug-likeness (QED) is 0.197. The second-order valence-corrected chi connectivity index (χ2v) is 7.70. The Bertz CT molecular complexity index is 632. The fourth-order valence-electron chi connectivity index (χ4n) is 3.54. The summed E-state index contributed by atoms with van der Waals surface area (Å²) in [6, 6.07) is 0. The van der Waals surface area contributed by atoms with Crippen molar-refractivity contribution in [2.75, 3.05) is 13.2 Å². The highest BCUT2D eigenvalue weighted by molar-refractivity contribution is 6.22. The number of hydrogen-bond donors (Lipinski definition) is 0. The van der Waals surface area contributed by atoms with E-state index < -0.39 is 71.6 Å². The Hall–Kier alpha value is -1.33. The molecule has 0 N–H and O–H groups in total. The van der Waals surface area contributed by atoms with E-state index >= 15 is 0 Å². The maximum Gasteiger partial charge on any atom is 0.392 e. The van der Waals surface area contributed by atoms with E-state index in [0.717, 1.165) is 0 Å². The molecule has 0 amide bonds. The van der Waals surface area contributed by atoms with E-state index in [9.17, 15) is 44.7 Å². The Kier molecular flexibility index (Phi) is 7.71. The molecule has 0 saturated heterocycles. The molecule has 0 bridgehead atoms. The molecule has 176 valence electrons. The lowest BCUT2D eigenvalue weighted by Gasteiger charge is -2.36. The van der Waals surface area contributed by atoms with Crippen molar-refractivity contribution in [1.82, 2.24) is 0 Å². The van der Waals surface area contributed by atoms with Gasteiger partial charge >= 0.3 is 35.1 Å². The van der Waals surface area contributed by atoms with Gasteiger partial charge in [-0.1, -0.05) is 6.92 Å². The summed E-state index contributed by atoms with van der Waals surface area (Å²) in [7, 11) is 0. The first-order valence-corrected chi connectivity index (χ1v) is 9.33. The SMILES string of the molecule is CCOC(=O)C1(C(=O)OCC)C[C@H](CC(F)(F)C(F)(F)C(F)(F)C(F)(F)Cl)[C@H](C)C1. The summed E-state index contributed by atoms with van der Waals surface area (Å²) in [6.45, 7) is 3.65. The predicted molar refractivity (Wildman–Crippen MR) is 87.8 cm³/mol. The number of rotatable bonds is 9. The summed E-state index contributed by atoms with van der Waals surface area (Å²) in [5, 5.41) is -5.94. The standard InChI is InChI=1S/C17H21ClF8O4/c1-4-29-11(27)13(12(28)30-5-2)6-9(3)10(7-13)8-14(19,20)15(21,22)16(23,24)17(18,25)26/h9-10H,4-8H2,1-3H3/t9-,10-/m1/s1. The summed E-state index contributed by atoms with van der Waals surface area (Å²) in [6.07, 6.45) is -3.19. The van der Waals surface area contributed by atoms with Crippen molar-refractivity contribution in [1.29, 1.82) is 0 Å². The molecular weight excluding hydrogens is 456 g/mol. The molecule has 0 aliphatic heterocycles. The van der Waals surface area contributed by atoms with Gasteiger partial charge in [-0.25, -0.2) is 0 Å². The monoisotopic (exact) mass is 476 g/mol. The summed E-state index contributed by atoms with van der Waals surface area (Å²) in [5.74, 6) is -23.6. The van der Waals surface area contributed by atoms with Crippen molar-refractivity contribution in [2.24, 2.45) is 17.3 Å². The first kappa shape index (κ1) is 26.7. The van der Waals surface area contributed by atoms with Gasteiger partial charge in [0.15, 0.2) is 5.41 Å². The Morgan fingerprint density at radius 2 is 1.33 bits per heavy atom. The van der Waals surface area contributed by atoms with Crippen molar-refractivity contribution in [2.45, 2.75) is 63.2 Å². The predicted octanol–water partition coefficient (Wildman–Crippen LogP) is 5.27. The number of halogens is 9. The minimum absolute atomic E-state index is 0.190. The van der Waals surface area contributed by atoms with Crippen LogP contribution in [0.1, 0.15) is 40.0 Å². The van der Waals surface area contributed by atoms with E-state index in [2.05, 4.69) is 11.6 Å². The van der Waals surface area contributed by atoms with Gasteiger partial charge in [-0.2, -0.15) is 35.1 Å². The lowest BCUT2D eigenvalue weighted by Crippen LogP contribution is -2.61. The lowest BCUT2D eigenvalue weighted by molar-refractivity contribution is -0.351. The van der Waals surface area contributed by atoms with E-state index in [0.29, 0.717) is 0 Å². The molecule has 0 unspecified atom stereocenters. The third-order valence-electron chi connectivity index (χ3n) is 5.15. The molecule has 0 aromatic heterocycles. The van der Waals surface area contributed by atoms with E-state index in [1.54, 1.807) is 0 Å². The van der Waals surface area contributed by atoms with Crippen LogP contribution in [0.2, 0.25) is 0 Å². The van der Waals surface area contributed by atoms with Crippen LogP contribution >= 0.6 is 11.6 Å². The number of carbonyl (C=O) groups is 2. The highest BCUT2D eigenvalue weighted by Gasteiger charge is 2.80. The molecule has 0 spiro atoms. The maximum atomic E-state index is 14.1. The van der Waals surface area contributed by atoms with Crippen LogP contribution in [-0.2, 0) is 19.1 Å². The normalized spacial score (nSPS) is 22.7. The van der Waals surface area contributed by atoms with E-state index in [1.165, 1.54) is 20.8 Å². The molecule has 1 fully saturated rings. The molecule has 1 aliphatic rings. The highest BCUT2D eigenvalue weighted by atomic mass is 35.5. The zero-order chi connectivity index (χ0) is 23.8. The molecule has 1 saturated carbocycles. The number of alkyl halides is 9. The molecule has 1 rings (SSSR count). The van der Waals surface area contributed by atoms with Gasteiger partial charge in [-0.05, 0) is 50.1 Å². The fraction of sp³-hybridized carbons (Fsp3) is 0.882. The van der Waals surface area contributed by atoms with Crippen LogP contribution in [0, 0.1) is 17.3 Å². The first-order chi connectivity index (χ1) is 13.4. The van der Waals surface area contributed by atoms with Crippen molar-refractivity contribution < 1.29 is 54.2 Å². The van der Waals surface area contributed by atoms with Gasteiger partial charge < -0.3 is 9.47 Å². The third-order valence-corrected chi connectivity index (χ3v) is 5.38. The summed E-state index contributed by atoms with van der Waals surface area (Å²) in [4.78, 5) is 24.7. The van der Waals surface area contributed by atoms with Crippen LogP contribution in [0.25, 0.3) is 0 Å². The highest BCUT2D eigenvalue weighted by Crippen LogP contribution is 2.58. The van der Waals surface area contributed by atoms with E-state index in [1.807, 2.05) is 0 Å². The fourth-order valence-corrected chi connectivity index (χ4v) is 3.66. The Labute approximate surface area is 172 Å². The molecule has 0 radical (unpaired) electrons. The van der Waals surface area contributed by atoms with Gasteiger partial charge in [0.2, 0.25) is 0 Å². The molecular formula is C17H21ClF8O4. The van der Waals surface area contributed by atoms with Crippen molar-refractivity contribution in [3.63, 3.8) is 0 Å². The van der Waals surface area contributed by atoms with Gasteiger partial charge in [0.05, 0.1) is 13.2 Å². The zero-order valence-corrected chi connectivity index (χ0v) is 17.0. The number of carbonyl (C=O) groups excluding carboxylic acids is 2. The van der Waals surface area contributed by atoms with Crippen LogP contribution in [-0.4, -0.2) is 48.3 Å². The minimum atomic E-state index is -6.56. The number of ether oxygens (including phenoxy) is 2. The van der Waals surface area contributed by atoms with E-state index in [-0.39, 0.29) is 13.2 Å². The minimum Gasteiger partial charge on any atom is -0.465 e. The first-order valence-electron chi connectivity index (χ1n) is 8.95.